The minimum atomic E-state index is -0.866. The van der Waals surface area contributed by atoms with Crippen LogP contribution in [0.15, 0.2) is 29.2 Å². The fraction of sp³-hybridized carbons (Fsp3) is 0.417. The molecule has 1 aliphatic rings. The molecule has 0 saturated carbocycles. The van der Waals surface area contributed by atoms with Gasteiger partial charge < -0.3 is 9.84 Å². The number of rotatable bonds is 3. The van der Waals surface area contributed by atoms with Gasteiger partial charge in [0.05, 0.1) is 5.56 Å². The summed E-state index contributed by atoms with van der Waals surface area (Å²) in [4.78, 5) is 11.9. The second-order valence-corrected chi connectivity index (χ2v) is 5.14. The largest absolute Gasteiger partial charge is 0.478 e. The van der Waals surface area contributed by atoms with E-state index < -0.39 is 5.97 Å². The minimum Gasteiger partial charge on any atom is -0.478 e. The molecule has 2 rings (SSSR count). The molecule has 16 heavy (non-hydrogen) atoms. The lowest BCUT2D eigenvalue weighted by Gasteiger charge is -2.21. The smallest absolute Gasteiger partial charge is 0.335 e. The maximum absolute atomic E-state index is 10.8. The van der Waals surface area contributed by atoms with E-state index in [1.165, 1.54) is 0 Å². The van der Waals surface area contributed by atoms with Gasteiger partial charge in [-0.15, -0.1) is 11.8 Å². The van der Waals surface area contributed by atoms with Gasteiger partial charge in [-0.3, -0.25) is 0 Å². The molecule has 1 aromatic carbocycles. The molecule has 0 amide bonds. The molecule has 1 fully saturated rings. The van der Waals surface area contributed by atoms with E-state index in [9.17, 15) is 4.79 Å². The Morgan fingerprint density at radius 2 is 2.12 bits per heavy atom. The molecule has 1 aliphatic heterocycles. The highest BCUT2D eigenvalue weighted by Gasteiger charge is 2.15. The lowest BCUT2D eigenvalue weighted by Crippen LogP contribution is -2.17. The monoisotopic (exact) mass is 238 g/mol. The number of ether oxygens (including phenoxy) is 1. The van der Waals surface area contributed by atoms with Gasteiger partial charge in [0.1, 0.15) is 0 Å². The molecule has 1 heterocycles. The summed E-state index contributed by atoms with van der Waals surface area (Å²) in [5.74, 6) is -0.866. The number of aromatic carboxylic acids is 1. The predicted octanol–water partition coefficient (Wildman–Crippen LogP) is 2.66. The molecule has 1 aromatic rings. The van der Waals surface area contributed by atoms with E-state index >= 15 is 0 Å². The Morgan fingerprint density at radius 1 is 1.38 bits per heavy atom. The Labute approximate surface area is 98.8 Å². The molecule has 0 aromatic heterocycles. The van der Waals surface area contributed by atoms with Gasteiger partial charge in [-0.05, 0) is 31.0 Å². The van der Waals surface area contributed by atoms with Crippen molar-refractivity contribution in [2.24, 2.45) is 0 Å². The van der Waals surface area contributed by atoms with Crippen LogP contribution in [0.25, 0.3) is 0 Å². The summed E-state index contributed by atoms with van der Waals surface area (Å²) in [5, 5.41) is 9.44. The van der Waals surface area contributed by atoms with Crippen LogP contribution in [0.5, 0.6) is 0 Å². The van der Waals surface area contributed by atoms with Crippen LogP contribution in [0.1, 0.15) is 23.2 Å². The van der Waals surface area contributed by atoms with Crippen molar-refractivity contribution in [3.05, 3.63) is 29.8 Å². The summed E-state index contributed by atoms with van der Waals surface area (Å²) in [6, 6.07) is 7.12. The Kier molecular flexibility index (Phi) is 3.85. The molecule has 0 spiro atoms. The number of hydrogen-bond acceptors (Lipinski definition) is 3. The third kappa shape index (κ3) is 3.00. The molecule has 1 saturated heterocycles. The van der Waals surface area contributed by atoms with Crippen molar-refractivity contribution in [3.63, 3.8) is 0 Å². The first kappa shape index (κ1) is 11.5. The van der Waals surface area contributed by atoms with Crippen molar-refractivity contribution in [3.8, 4) is 0 Å². The number of carbonyl (C=O) groups is 1. The van der Waals surface area contributed by atoms with Gasteiger partial charge in [0.25, 0.3) is 0 Å². The van der Waals surface area contributed by atoms with Crippen LogP contribution in [0.2, 0.25) is 0 Å². The second kappa shape index (κ2) is 5.37. The van der Waals surface area contributed by atoms with E-state index in [0.29, 0.717) is 10.8 Å². The summed E-state index contributed by atoms with van der Waals surface area (Å²) < 4.78 is 5.29. The zero-order chi connectivity index (χ0) is 11.4. The molecule has 86 valence electrons. The maximum Gasteiger partial charge on any atom is 0.335 e. The highest BCUT2D eigenvalue weighted by Crippen LogP contribution is 2.30. The Balaban J connectivity index is 2.02. The number of hydrogen-bond donors (Lipinski definition) is 1. The average Bonchev–Trinajstić information content (AvgIpc) is 2.30. The van der Waals surface area contributed by atoms with E-state index in [0.717, 1.165) is 31.0 Å². The van der Waals surface area contributed by atoms with Crippen molar-refractivity contribution in [1.82, 2.24) is 0 Å². The van der Waals surface area contributed by atoms with Gasteiger partial charge in [0.2, 0.25) is 0 Å². The van der Waals surface area contributed by atoms with E-state index in [1.54, 1.807) is 30.0 Å². The van der Waals surface area contributed by atoms with Crippen LogP contribution in [0.4, 0.5) is 0 Å². The number of carboxylic acid groups (broad SMARTS) is 1. The van der Waals surface area contributed by atoms with Crippen molar-refractivity contribution in [2.45, 2.75) is 23.0 Å². The summed E-state index contributed by atoms with van der Waals surface area (Å²) in [7, 11) is 0. The summed E-state index contributed by atoms with van der Waals surface area (Å²) in [6.07, 6.45) is 2.09. The van der Waals surface area contributed by atoms with Crippen molar-refractivity contribution in [1.29, 1.82) is 0 Å². The first-order valence-electron chi connectivity index (χ1n) is 5.33. The van der Waals surface area contributed by atoms with Crippen molar-refractivity contribution in [2.75, 3.05) is 13.2 Å². The van der Waals surface area contributed by atoms with Crippen LogP contribution in [0.3, 0.4) is 0 Å². The first-order chi connectivity index (χ1) is 7.75. The molecule has 3 nitrogen and oxygen atoms in total. The molecule has 0 atom stereocenters. The van der Waals surface area contributed by atoms with E-state index in [2.05, 4.69) is 0 Å². The Bertz CT molecular complexity index is 372. The SMILES string of the molecule is O=C(O)c1cccc(SC2CCOCC2)c1. The van der Waals surface area contributed by atoms with Crippen LogP contribution in [0, 0.1) is 0 Å². The van der Waals surface area contributed by atoms with Gasteiger partial charge in [-0.2, -0.15) is 0 Å². The summed E-state index contributed by atoms with van der Waals surface area (Å²) in [5.41, 5.74) is 0.358. The van der Waals surface area contributed by atoms with E-state index in [1.807, 2.05) is 6.07 Å². The lowest BCUT2D eigenvalue weighted by atomic mass is 10.2. The normalized spacial score (nSPS) is 17.2. The van der Waals surface area contributed by atoms with Crippen LogP contribution < -0.4 is 0 Å². The van der Waals surface area contributed by atoms with Crippen LogP contribution in [-0.2, 0) is 4.74 Å². The summed E-state index contributed by atoms with van der Waals surface area (Å²) in [6.45, 7) is 1.63. The Hall–Kier alpha value is -1.00. The molecule has 1 N–H and O–H groups in total. The van der Waals surface area contributed by atoms with Crippen molar-refractivity contribution < 1.29 is 14.6 Å². The zero-order valence-corrected chi connectivity index (χ0v) is 9.70. The van der Waals surface area contributed by atoms with Crippen molar-refractivity contribution >= 4 is 17.7 Å². The van der Waals surface area contributed by atoms with E-state index in [-0.39, 0.29) is 0 Å². The molecule has 4 heteroatoms. The van der Waals surface area contributed by atoms with Gasteiger partial charge in [0, 0.05) is 23.4 Å². The molecule has 0 aliphatic carbocycles. The standard InChI is InChI=1S/C12H14O3S/c13-12(14)9-2-1-3-11(8-9)16-10-4-6-15-7-5-10/h1-3,8,10H,4-7H2,(H,13,14). The summed E-state index contributed by atoms with van der Waals surface area (Å²) >= 11 is 1.75. The number of thioether (sulfide) groups is 1. The number of benzene rings is 1. The zero-order valence-electron chi connectivity index (χ0n) is 8.89. The maximum atomic E-state index is 10.8. The van der Waals surface area contributed by atoms with E-state index in [4.69, 9.17) is 9.84 Å². The van der Waals surface area contributed by atoms with Crippen LogP contribution in [-0.4, -0.2) is 29.5 Å². The molecular formula is C12H14O3S. The highest BCUT2D eigenvalue weighted by molar-refractivity contribution is 8.00. The average molecular weight is 238 g/mol. The fourth-order valence-corrected chi connectivity index (χ4v) is 2.85. The number of carboxylic acids is 1. The van der Waals surface area contributed by atoms with Gasteiger partial charge in [0.15, 0.2) is 0 Å². The highest BCUT2D eigenvalue weighted by atomic mass is 32.2. The lowest BCUT2D eigenvalue weighted by molar-refractivity contribution is 0.0696. The third-order valence-corrected chi connectivity index (χ3v) is 3.88. The quantitative estimate of drug-likeness (QED) is 0.879. The van der Waals surface area contributed by atoms with Gasteiger partial charge >= 0.3 is 5.97 Å². The van der Waals surface area contributed by atoms with Gasteiger partial charge in [-0.1, -0.05) is 6.07 Å². The topological polar surface area (TPSA) is 46.5 Å². The second-order valence-electron chi connectivity index (χ2n) is 3.76. The fourth-order valence-electron chi connectivity index (χ4n) is 1.69. The van der Waals surface area contributed by atoms with Crippen LogP contribution >= 0.6 is 11.8 Å². The molecule has 0 bridgehead atoms. The third-order valence-electron chi connectivity index (χ3n) is 2.55. The molecule has 0 radical (unpaired) electrons. The molecule has 0 unspecified atom stereocenters. The minimum absolute atomic E-state index is 0.358. The Morgan fingerprint density at radius 3 is 2.81 bits per heavy atom. The molecular weight excluding hydrogens is 224 g/mol. The van der Waals surface area contributed by atoms with Gasteiger partial charge in [-0.25, -0.2) is 4.79 Å². The predicted molar refractivity (Wildman–Crippen MR) is 63.1 cm³/mol. The first-order valence-corrected chi connectivity index (χ1v) is 6.21.